The first-order chi connectivity index (χ1) is 9.85. The molecule has 0 aromatic heterocycles. The smallest absolute Gasteiger partial charge is 0.225 e. The summed E-state index contributed by atoms with van der Waals surface area (Å²) < 4.78 is 23.2. The molecule has 2 fully saturated rings. The molecular formula is C15H24N2O3S. The highest BCUT2D eigenvalue weighted by atomic mass is 32.2. The van der Waals surface area contributed by atoms with Crippen LogP contribution in [0.1, 0.15) is 44.9 Å². The Labute approximate surface area is 127 Å². The van der Waals surface area contributed by atoms with Gasteiger partial charge in [-0.2, -0.15) is 0 Å². The summed E-state index contributed by atoms with van der Waals surface area (Å²) in [5.74, 6) is 2.54. The second-order valence-electron chi connectivity index (χ2n) is 6.38. The summed E-state index contributed by atoms with van der Waals surface area (Å²) in [4.78, 5) is 14.1. The number of sulfone groups is 1. The maximum atomic E-state index is 12.6. The molecule has 5 nitrogen and oxygen atoms in total. The zero-order valence-electron chi connectivity index (χ0n) is 12.4. The third-order valence-electron chi connectivity index (χ3n) is 4.58. The van der Waals surface area contributed by atoms with Gasteiger partial charge in [0.15, 0.2) is 9.84 Å². The van der Waals surface area contributed by atoms with Crippen molar-refractivity contribution in [2.45, 2.75) is 56.5 Å². The van der Waals surface area contributed by atoms with Gasteiger partial charge in [0.05, 0.1) is 18.1 Å². The van der Waals surface area contributed by atoms with Crippen molar-refractivity contribution in [2.75, 3.05) is 18.1 Å². The van der Waals surface area contributed by atoms with Crippen molar-refractivity contribution in [3.63, 3.8) is 0 Å². The van der Waals surface area contributed by atoms with Gasteiger partial charge in [-0.25, -0.2) is 8.42 Å². The Balaban J connectivity index is 2.04. The van der Waals surface area contributed by atoms with E-state index in [1.165, 1.54) is 6.42 Å². The molecule has 2 N–H and O–H groups in total. The molecule has 118 valence electrons. The fourth-order valence-corrected chi connectivity index (χ4v) is 5.11. The third-order valence-corrected chi connectivity index (χ3v) is 6.33. The lowest BCUT2D eigenvalue weighted by Crippen LogP contribution is -2.49. The largest absolute Gasteiger partial charge is 0.327 e. The predicted octanol–water partition coefficient (Wildman–Crippen LogP) is 0.687. The molecule has 1 saturated heterocycles. The zero-order valence-corrected chi connectivity index (χ0v) is 13.2. The molecule has 1 heterocycles. The molecule has 0 bridgehead atoms. The van der Waals surface area contributed by atoms with E-state index in [1.807, 2.05) is 0 Å². The molecular weight excluding hydrogens is 288 g/mol. The molecule has 0 aromatic carbocycles. The van der Waals surface area contributed by atoms with Crippen LogP contribution in [0, 0.1) is 12.3 Å². The van der Waals surface area contributed by atoms with E-state index in [-0.39, 0.29) is 36.4 Å². The Kier molecular flexibility index (Phi) is 4.95. The van der Waals surface area contributed by atoms with Crippen molar-refractivity contribution in [1.82, 2.24) is 4.90 Å². The molecule has 1 saturated carbocycles. The van der Waals surface area contributed by atoms with Crippen molar-refractivity contribution in [1.29, 1.82) is 0 Å². The Morgan fingerprint density at radius 2 is 2.00 bits per heavy atom. The van der Waals surface area contributed by atoms with Crippen LogP contribution in [0.15, 0.2) is 0 Å². The van der Waals surface area contributed by atoms with Gasteiger partial charge in [-0.1, -0.05) is 25.2 Å². The highest BCUT2D eigenvalue weighted by molar-refractivity contribution is 7.91. The van der Waals surface area contributed by atoms with Crippen LogP contribution in [0.2, 0.25) is 0 Å². The van der Waals surface area contributed by atoms with E-state index in [1.54, 1.807) is 4.90 Å². The first-order valence-electron chi connectivity index (χ1n) is 7.57. The maximum absolute atomic E-state index is 12.6. The molecule has 1 atom stereocenters. The summed E-state index contributed by atoms with van der Waals surface area (Å²) in [6, 6.07) is -0.286. The number of terminal acetylenes is 1. The minimum Gasteiger partial charge on any atom is -0.327 e. The van der Waals surface area contributed by atoms with Crippen molar-refractivity contribution in [3.05, 3.63) is 0 Å². The molecule has 1 aliphatic carbocycles. The van der Waals surface area contributed by atoms with Gasteiger partial charge >= 0.3 is 0 Å². The summed E-state index contributed by atoms with van der Waals surface area (Å²) in [5.41, 5.74) is 5.88. The number of carbonyl (C=O) groups is 1. The molecule has 1 amide bonds. The van der Waals surface area contributed by atoms with Crippen molar-refractivity contribution >= 4 is 15.7 Å². The second kappa shape index (κ2) is 6.37. The van der Waals surface area contributed by atoms with E-state index in [9.17, 15) is 13.2 Å². The number of amides is 1. The summed E-state index contributed by atoms with van der Waals surface area (Å²) in [7, 11) is -3.03. The van der Waals surface area contributed by atoms with E-state index >= 15 is 0 Å². The molecule has 1 unspecified atom stereocenters. The van der Waals surface area contributed by atoms with Gasteiger partial charge in [-0.3, -0.25) is 4.79 Å². The van der Waals surface area contributed by atoms with Gasteiger partial charge in [0.1, 0.15) is 0 Å². The van der Waals surface area contributed by atoms with E-state index in [4.69, 9.17) is 12.2 Å². The Hall–Kier alpha value is -1.06. The lowest BCUT2D eigenvalue weighted by Gasteiger charge is -2.36. The molecule has 1 aliphatic heterocycles. The van der Waals surface area contributed by atoms with Crippen molar-refractivity contribution < 1.29 is 13.2 Å². The fraction of sp³-hybridized carbons (Fsp3) is 0.800. The Morgan fingerprint density at radius 3 is 2.52 bits per heavy atom. The predicted molar refractivity (Wildman–Crippen MR) is 82.2 cm³/mol. The van der Waals surface area contributed by atoms with Gasteiger partial charge in [-0.05, 0) is 19.3 Å². The lowest BCUT2D eigenvalue weighted by molar-refractivity contribution is -0.134. The normalized spacial score (nSPS) is 27.0. The zero-order chi connectivity index (χ0) is 15.5. The summed E-state index contributed by atoms with van der Waals surface area (Å²) in [6.45, 7) is 0.162. The van der Waals surface area contributed by atoms with Crippen LogP contribution in [-0.2, 0) is 14.6 Å². The summed E-state index contributed by atoms with van der Waals surface area (Å²) >= 11 is 0. The van der Waals surface area contributed by atoms with Gasteiger partial charge in [0, 0.05) is 18.0 Å². The van der Waals surface area contributed by atoms with E-state index in [0.29, 0.717) is 6.42 Å². The fourth-order valence-electron chi connectivity index (χ4n) is 3.38. The van der Waals surface area contributed by atoms with Crippen LogP contribution in [0.5, 0.6) is 0 Å². The van der Waals surface area contributed by atoms with Crippen LogP contribution in [0.25, 0.3) is 0 Å². The monoisotopic (exact) mass is 312 g/mol. The highest BCUT2D eigenvalue weighted by Gasteiger charge is 2.37. The summed E-state index contributed by atoms with van der Waals surface area (Å²) in [6.07, 6.45) is 11.1. The quantitative estimate of drug-likeness (QED) is 0.774. The number of hydrogen-bond donors (Lipinski definition) is 1. The number of rotatable bonds is 4. The first-order valence-corrected chi connectivity index (χ1v) is 9.40. The molecule has 0 aromatic rings. The average Bonchev–Trinajstić information content (AvgIpc) is 2.76. The molecule has 2 aliphatic rings. The van der Waals surface area contributed by atoms with Gasteiger partial charge in [0.2, 0.25) is 5.91 Å². The van der Waals surface area contributed by atoms with E-state index in [0.717, 1.165) is 25.7 Å². The topological polar surface area (TPSA) is 80.5 Å². The van der Waals surface area contributed by atoms with E-state index < -0.39 is 15.4 Å². The van der Waals surface area contributed by atoms with Gasteiger partial charge in [-0.15, -0.1) is 6.42 Å². The van der Waals surface area contributed by atoms with Crippen molar-refractivity contribution in [3.8, 4) is 12.3 Å². The minimum absolute atomic E-state index is 0.0258. The average molecular weight is 312 g/mol. The lowest BCUT2D eigenvalue weighted by atomic mass is 9.80. The number of nitrogens with two attached hydrogens (primary N) is 1. The summed E-state index contributed by atoms with van der Waals surface area (Å²) in [5, 5.41) is 0. The molecule has 21 heavy (non-hydrogen) atoms. The number of carbonyl (C=O) groups excluding carboxylic acids is 1. The van der Waals surface area contributed by atoms with Gasteiger partial charge in [0.25, 0.3) is 0 Å². The SMILES string of the molecule is C#CCN(C(=O)CC1(N)CCCCC1)C1CCS(=O)(=O)C1. The Morgan fingerprint density at radius 1 is 1.33 bits per heavy atom. The van der Waals surface area contributed by atoms with Crippen LogP contribution in [0.4, 0.5) is 0 Å². The van der Waals surface area contributed by atoms with Crippen LogP contribution < -0.4 is 5.73 Å². The Bertz CT molecular complexity index is 530. The molecule has 6 heteroatoms. The van der Waals surface area contributed by atoms with Gasteiger partial charge < -0.3 is 10.6 Å². The highest BCUT2D eigenvalue weighted by Crippen LogP contribution is 2.30. The van der Waals surface area contributed by atoms with Crippen LogP contribution in [0.3, 0.4) is 0 Å². The molecule has 2 rings (SSSR count). The number of hydrogen-bond acceptors (Lipinski definition) is 4. The first kappa shape index (κ1) is 16.3. The minimum atomic E-state index is -3.03. The molecule has 0 spiro atoms. The van der Waals surface area contributed by atoms with Crippen LogP contribution >= 0.6 is 0 Å². The molecule has 0 radical (unpaired) electrons. The maximum Gasteiger partial charge on any atom is 0.225 e. The van der Waals surface area contributed by atoms with Crippen LogP contribution in [-0.4, -0.2) is 48.9 Å². The number of nitrogens with zero attached hydrogens (tertiary/aromatic N) is 1. The second-order valence-corrected chi connectivity index (χ2v) is 8.61. The third kappa shape index (κ3) is 4.21. The standard InChI is InChI=1S/C15H24N2O3S/c1-2-9-17(13-6-10-21(19,20)12-13)14(18)11-15(16)7-4-3-5-8-15/h1,13H,3-12,16H2. The van der Waals surface area contributed by atoms with E-state index in [2.05, 4.69) is 5.92 Å². The van der Waals surface area contributed by atoms with Crippen molar-refractivity contribution in [2.24, 2.45) is 5.73 Å².